The van der Waals surface area contributed by atoms with Crippen LogP contribution >= 0.6 is 12.2 Å². The Morgan fingerprint density at radius 2 is 1.96 bits per heavy atom. The van der Waals surface area contributed by atoms with Crippen molar-refractivity contribution in [3.8, 4) is 11.6 Å². The van der Waals surface area contributed by atoms with Crippen molar-refractivity contribution < 1.29 is 9.84 Å². The zero-order valence-corrected chi connectivity index (χ0v) is 14.4. The average molecular weight is 346 g/mol. The SMILES string of the molecule is COc1ccc([C@@H]2CC(c3c(O)n(C)c(=S)n(C)c3=O)=NN2)cc1. The van der Waals surface area contributed by atoms with Crippen LogP contribution in [0.15, 0.2) is 34.2 Å². The minimum Gasteiger partial charge on any atom is -0.497 e. The number of nitrogens with one attached hydrogen (secondary N) is 1. The molecule has 126 valence electrons. The number of nitrogens with zero attached hydrogens (tertiary/aromatic N) is 3. The van der Waals surface area contributed by atoms with E-state index >= 15 is 0 Å². The summed E-state index contributed by atoms with van der Waals surface area (Å²) in [6.07, 6.45) is 0.492. The van der Waals surface area contributed by atoms with Crippen molar-refractivity contribution in [2.45, 2.75) is 12.5 Å². The van der Waals surface area contributed by atoms with Crippen LogP contribution in [0.5, 0.6) is 11.6 Å². The van der Waals surface area contributed by atoms with E-state index in [1.165, 1.54) is 9.13 Å². The molecule has 7 nitrogen and oxygen atoms in total. The van der Waals surface area contributed by atoms with E-state index in [2.05, 4.69) is 10.5 Å². The highest BCUT2D eigenvalue weighted by Crippen LogP contribution is 2.27. The fraction of sp³-hybridized carbons (Fsp3) is 0.312. The van der Waals surface area contributed by atoms with Crippen LogP contribution in [-0.2, 0) is 14.1 Å². The zero-order valence-electron chi connectivity index (χ0n) is 13.6. The first kappa shape index (κ1) is 16.3. The average Bonchev–Trinajstić information content (AvgIpc) is 3.08. The minimum absolute atomic E-state index is 0.0662. The van der Waals surface area contributed by atoms with Crippen LogP contribution in [0.2, 0.25) is 0 Å². The Morgan fingerprint density at radius 1 is 1.29 bits per heavy atom. The highest BCUT2D eigenvalue weighted by Gasteiger charge is 2.27. The number of aromatic hydroxyl groups is 1. The summed E-state index contributed by atoms with van der Waals surface area (Å²) in [4.78, 5) is 12.5. The molecule has 1 aliphatic heterocycles. The van der Waals surface area contributed by atoms with E-state index in [9.17, 15) is 9.90 Å². The number of ether oxygens (including phenoxy) is 1. The summed E-state index contributed by atoms with van der Waals surface area (Å²) < 4.78 is 8.13. The Balaban J connectivity index is 1.94. The molecule has 8 heteroatoms. The summed E-state index contributed by atoms with van der Waals surface area (Å²) in [7, 11) is 4.81. The lowest BCUT2D eigenvalue weighted by molar-refractivity contribution is 0.414. The van der Waals surface area contributed by atoms with Gasteiger partial charge < -0.3 is 15.3 Å². The van der Waals surface area contributed by atoms with E-state index in [1.807, 2.05) is 24.3 Å². The predicted octanol–water partition coefficient (Wildman–Crippen LogP) is 1.61. The van der Waals surface area contributed by atoms with Gasteiger partial charge in [-0.25, -0.2) is 0 Å². The maximum atomic E-state index is 12.5. The molecule has 0 unspecified atom stereocenters. The number of rotatable bonds is 3. The lowest BCUT2D eigenvalue weighted by Crippen LogP contribution is -2.28. The Labute approximate surface area is 143 Å². The van der Waals surface area contributed by atoms with Crippen LogP contribution in [0.1, 0.15) is 23.6 Å². The molecule has 0 fully saturated rings. The van der Waals surface area contributed by atoms with Gasteiger partial charge in [0.15, 0.2) is 4.77 Å². The van der Waals surface area contributed by atoms with Crippen molar-refractivity contribution in [2.75, 3.05) is 7.11 Å². The lowest BCUT2D eigenvalue weighted by Gasteiger charge is -2.12. The van der Waals surface area contributed by atoms with Gasteiger partial charge in [-0.05, 0) is 29.9 Å². The summed E-state index contributed by atoms with van der Waals surface area (Å²) >= 11 is 5.13. The molecule has 0 aliphatic carbocycles. The van der Waals surface area contributed by atoms with Crippen molar-refractivity contribution in [1.29, 1.82) is 0 Å². The van der Waals surface area contributed by atoms with Crippen LogP contribution in [-0.4, -0.2) is 27.1 Å². The van der Waals surface area contributed by atoms with Gasteiger partial charge >= 0.3 is 0 Å². The van der Waals surface area contributed by atoms with Crippen LogP contribution in [0, 0.1) is 4.77 Å². The van der Waals surface area contributed by atoms with E-state index in [1.54, 1.807) is 21.2 Å². The fourth-order valence-electron chi connectivity index (χ4n) is 2.71. The number of hydrogen-bond donors (Lipinski definition) is 2. The third-order valence-corrected chi connectivity index (χ3v) is 4.74. The molecule has 0 radical (unpaired) electrons. The first-order valence-corrected chi connectivity index (χ1v) is 7.80. The van der Waals surface area contributed by atoms with Crippen molar-refractivity contribution in [2.24, 2.45) is 19.2 Å². The third kappa shape index (κ3) is 2.58. The molecule has 0 amide bonds. The molecule has 0 saturated carbocycles. The van der Waals surface area contributed by atoms with Gasteiger partial charge in [0.1, 0.15) is 11.3 Å². The molecule has 2 N–H and O–H groups in total. The standard InChI is InChI=1S/C16H18N4O3S/c1-19-14(21)13(15(22)20(2)16(19)24)12-8-11(17-18-12)9-4-6-10(23-3)7-5-9/h4-7,11,17,21H,8H2,1-3H3/t11-/m0/s1. The molecule has 2 heterocycles. The number of methoxy groups -OCH3 is 1. The quantitative estimate of drug-likeness (QED) is 0.825. The number of hydrogen-bond acceptors (Lipinski definition) is 6. The smallest absolute Gasteiger partial charge is 0.267 e. The summed E-state index contributed by atoms with van der Waals surface area (Å²) in [6, 6.07) is 7.57. The highest BCUT2D eigenvalue weighted by molar-refractivity contribution is 7.71. The second-order valence-electron chi connectivity index (χ2n) is 5.62. The molecule has 2 aromatic rings. The number of aromatic nitrogens is 2. The highest BCUT2D eigenvalue weighted by atomic mass is 32.1. The van der Waals surface area contributed by atoms with Crippen molar-refractivity contribution in [3.05, 3.63) is 50.5 Å². The molecule has 1 aromatic carbocycles. The molecule has 1 aromatic heterocycles. The van der Waals surface area contributed by atoms with Gasteiger partial charge in [-0.15, -0.1) is 0 Å². The van der Waals surface area contributed by atoms with E-state index in [-0.39, 0.29) is 27.8 Å². The molecule has 1 aliphatic rings. The number of benzene rings is 1. The largest absolute Gasteiger partial charge is 0.497 e. The minimum atomic E-state index is -0.355. The number of hydrazone groups is 1. The normalized spacial score (nSPS) is 16.6. The van der Waals surface area contributed by atoms with Gasteiger partial charge in [0.05, 0.1) is 18.9 Å². The van der Waals surface area contributed by atoms with Gasteiger partial charge in [-0.1, -0.05) is 12.1 Å². The molecular formula is C16H18N4O3S. The van der Waals surface area contributed by atoms with Crippen LogP contribution in [0.4, 0.5) is 0 Å². The molecule has 0 saturated heterocycles. The first-order valence-electron chi connectivity index (χ1n) is 7.39. The third-order valence-electron chi connectivity index (χ3n) is 4.19. The molecule has 3 rings (SSSR count). The van der Waals surface area contributed by atoms with Crippen molar-refractivity contribution >= 4 is 17.9 Å². The summed E-state index contributed by atoms with van der Waals surface area (Å²) in [5.41, 5.74) is 4.38. The van der Waals surface area contributed by atoms with Crippen molar-refractivity contribution in [3.63, 3.8) is 0 Å². The van der Waals surface area contributed by atoms with E-state index in [0.29, 0.717) is 12.1 Å². The van der Waals surface area contributed by atoms with Crippen LogP contribution in [0.25, 0.3) is 0 Å². The van der Waals surface area contributed by atoms with E-state index in [4.69, 9.17) is 17.0 Å². The van der Waals surface area contributed by atoms with Gasteiger partial charge in [0.25, 0.3) is 5.56 Å². The molecule has 1 atom stereocenters. The van der Waals surface area contributed by atoms with E-state index in [0.717, 1.165) is 11.3 Å². The maximum absolute atomic E-state index is 12.5. The fourth-order valence-corrected chi connectivity index (χ4v) is 2.88. The van der Waals surface area contributed by atoms with Gasteiger partial charge in [-0.2, -0.15) is 5.10 Å². The van der Waals surface area contributed by atoms with Crippen LogP contribution in [0.3, 0.4) is 0 Å². The van der Waals surface area contributed by atoms with Gasteiger partial charge in [0, 0.05) is 20.5 Å². The molecule has 24 heavy (non-hydrogen) atoms. The van der Waals surface area contributed by atoms with E-state index < -0.39 is 0 Å². The molecule has 0 bridgehead atoms. The lowest BCUT2D eigenvalue weighted by atomic mass is 10.00. The van der Waals surface area contributed by atoms with Gasteiger partial charge in [-0.3, -0.25) is 13.9 Å². The second-order valence-corrected chi connectivity index (χ2v) is 5.99. The topological polar surface area (TPSA) is 80.8 Å². The summed E-state index contributed by atoms with van der Waals surface area (Å²) in [5, 5.41) is 14.6. The Bertz CT molecular complexity index is 928. The Hall–Kier alpha value is -2.61. The predicted molar refractivity (Wildman–Crippen MR) is 93.2 cm³/mol. The van der Waals surface area contributed by atoms with Crippen LogP contribution < -0.4 is 15.7 Å². The monoisotopic (exact) mass is 346 g/mol. The first-order chi connectivity index (χ1) is 11.4. The summed E-state index contributed by atoms with van der Waals surface area (Å²) in [6.45, 7) is 0. The van der Waals surface area contributed by atoms with Gasteiger partial charge in [0.2, 0.25) is 5.88 Å². The second kappa shape index (κ2) is 6.12. The molecule has 0 spiro atoms. The summed E-state index contributed by atoms with van der Waals surface area (Å²) in [5.74, 6) is 0.608. The molecular weight excluding hydrogens is 328 g/mol. The maximum Gasteiger partial charge on any atom is 0.267 e. The van der Waals surface area contributed by atoms with Crippen molar-refractivity contribution in [1.82, 2.24) is 14.6 Å². The zero-order chi connectivity index (χ0) is 17.4. The Morgan fingerprint density at radius 3 is 2.58 bits per heavy atom. The Kier molecular flexibility index (Phi) is 4.15.